The first-order valence-corrected chi connectivity index (χ1v) is 7.54. The smallest absolute Gasteiger partial charge is 0.206 e. The molecule has 15 heavy (non-hydrogen) atoms. The Balaban J connectivity index is 2.94. The number of thiophene rings is 1. The molecule has 0 aliphatic heterocycles. The number of rotatable bonds is 1. The number of hydrogen-bond acceptors (Lipinski definition) is 3. The van der Waals surface area contributed by atoms with Crippen molar-refractivity contribution in [3.05, 3.63) is 28.8 Å². The second-order valence-corrected chi connectivity index (χ2v) is 7.29. The minimum Gasteiger partial charge on any atom is -0.206 e. The monoisotopic (exact) mass is 280 g/mol. The highest BCUT2D eigenvalue weighted by atomic mass is 35.7. The summed E-state index contributed by atoms with van der Waals surface area (Å²) >= 11 is 7.14. The van der Waals surface area contributed by atoms with Crippen LogP contribution in [0.4, 0.5) is 0 Å². The molecule has 0 saturated heterocycles. The van der Waals surface area contributed by atoms with E-state index in [1.165, 1.54) is 0 Å². The predicted molar refractivity (Wildman–Crippen MR) is 64.6 cm³/mol. The van der Waals surface area contributed by atoms with Gasteiger partial charge >= 0.3 is 0 Å². The van der Waals surface area contributed by atoms with E-state index < -0.39 is 9.05 Å². The van der Waals surface area contributed by atoms with Crippen LogP contribution in [0.1, 0.15) is 5.56 Å². The van der Waals surface area contributed by atoms with Crippen LogP contribution in [0.15, 0.2) is 22.4 Å². The number of benzene rings is 1. The summed E-state index contributed by atoms with van der Waals surface area (Å²) in [6.45, 7) is 1.71. The van der Waals surface area contributed by atoms with Gasteiger partial charge in [-0.3, -0.25) is 0 Å². The number of hydrogen-bond donors (Lipinski definition) is 0. The molecule has 2 nitrogen and oxygen atoms in total. The lowest BCUT2D eigenvalue weighted by Gasteiger charge is -1.95. The molecule has 2 aromatic rings. The largest absolute Gasteiger partial charge is 0.271 e. The quantitative estimate of drug-likeness (QED) is 0.745. The van der Waals surface area contributed by atoms with E-state index in [1.54, 1.807) is 19.1 Å². The Morgan fingerprint density at radius 2 is 2.00 bits per heavy atom. The molecular weight excluding hydrogens is 275 g/mol. The van der Waals surface area contributed by atoms with Crippen LogP contribution in [0.3, 0.4) is 0 Å². The van der Waals surface area contributed by atoms with Gasteiger partial charge in [0.15, 0.2) is 0 Å². The second-order valence-electron chi connectivity index (χ2n) is 3.07. The Kier molecular flexibility index (Phi) is 2.71. The fourth-order valence-corrected chi connectivity index (χ4v) is 4.57. The second kappa shape index (κ2) is 3.63. The lowest BCUT2D eigenvalue weighted by atomic mass is 10.2. The van der Waals surface area contributed by atoms with E-state index in [2.05, 4.69) is 0 Å². The van der Waals surface area contributed by atoms with Crippen molar-refractivity contribution in [1.82, 2.24) is 0 Å². The standard InChI is InChI=1S/C9H6Cl2O2S2/c1-5-8-6(10)3-2-4-7(8)14-9(5)15(11,12)13/h2-4H,1H3. The highest BCUT2D eigenvalue weighted by Crippen LogP contribution is 2.38. The third-order valence-corrected chi connectivity index (χ3v) is 5.84. The van der Waals surface area contributed by atoms with E-state index >= 15 is 0 Å². The van der Waals surface area contributed by atoms with E-state index in [4.69, 9.17) is 22.3 Å². The Labute approximate surface area is 101 Å². The molecule has 0 spiro atoms. The lowest BCUT2D eigenvalue weighted by Crippen LogP contribution is -1.88. The Morgan fingerprint density at radius 3 is 2.53 bits per heavy atom. The van der Waals surface area contributed by atoms with Crippen molar-refractivity contribution in [3.8, 4) is 0 Å². The SMILES string of the molecule is Cc1c(S(=O)(=O)Cl)sc2cccc(Cl)c12. The highest BCUT2D eigenvalue weighted by molar-refractivity contribution is 8.15. The zero-order valence-electron chi connectivity index (χ0n) is 7.62. The van der Waals surface area contributed by atoms with E-state index in [9.17, 15) is 8.42 Å². The molecule has 0 fully saturated rings. The predicted octanol–water partition coefficient (Wildman–Crippen LogP) is 3.79. The van der Waals surface area contributed by atoms with Gasteiger partial charge in [-0.05, 0) is 24.6 Å². The molecule has 1 aromatic heterocycles. The summed E-state index contributed by atoms with van der Waals surface area (Å²) < 4.78 is 23.5. The van der Waals surface area contributed by atoms with E-state index in [0.29, 0.717) is 10.6 Å². The van der Waals surface area contributed by atoms with Gasteiger partial charge in [0.05, 0.1) is 0 Å². The minimum absolute atomic E-state index is 0.173. The first-order chi connectivity index (χ1) is 6.91. The molecule has 0 amide bonds. The fraction of sp³-hybridized carbons (Fsp3) is 0.111. The van der Waals surface area contributed by atoms with Crippen LogP contribution in [-0.2, 0) is 9.05 Å². The third-order valence-electron chi connectivity index (χ3n) is 2.08. The first kappa shape index (κ1) is 11.2. The molecule has 0 unspecified atom stereocenters. The van der Waals surface area contributed by atoms with Gasteiger partial charge in [0, 0.05) is 25.8 Å². The van der Waals surface area contributed by atoms with Crippen LogP contribution >= 0.6 is 33.6 Å². The van der Waals surface area contributed by atoms with Gasteiger partial charge in [0.25, 0.3) is 9.05 Å². The van der Waals surface area contributed by atoms with Gasteiger partial charge in [-0.1, -0.05) is 17.7 Å². The van der Waals surface area contributed by atoms with Crippen molar-refractivity contribution < 1.29 is 8.42 Å². The summed E-state index contributed by atoms with van der Waals surface area (Å²) in [5.74, 6) is 0. The van der Waals surface area contributed by atoms with Crippen LogP contribution in [0.2, 0.25) is 5.02 Å². The molecule has 1 heterocycles. The molecule has 0 N–H and O–H groups in total. The molecule has 1 aromatic carbocycles. The summed E-state index contributed by atoms with van der Waals surface area (Å²) in [5, 5.41) is 1.32. The fourth-order valence-electron chi connectivity index (χ4n) is 1.46. The van der Waals surface area contributed by atoms with Crippen LogP contribution in [0, 0.1) is 6.92 Å². The Morgan fingerprint density at radius 1 is 1.33 bits per heavy atom. The average Bonchev–Trinajstić information content (AvgIpc) is 2.44. The van der Waals surface area contributed by atoms with E-state index in [-0.39, 0.29) is 4.21 Å². The van der Waals surface area contributed by atoms with E-state index in [1.807, 2.05) is 6.07 Å². The van der Waals surface area contributed by atoms with Gasteiger partial charge < -0.3 is 0 Å². The zero-order valence-corrected chi connectivity index (χ0v) is 10.8. The summed E-state index contributed by atoms with van der Waals surface area (Å²) in [5.41, 5.74) is 0.621. The van der Waals surface area contributed by atoms with Gasteiger partial charge in [-0.25, -0.2) is 8.42 Å². The van der Waals surface area contributed by atoms with Crippen molar-refractivity contribution >= 4 is 52.8 Å². The molecule has 0 saturated carbocycles. The number of aryl methyl sites for hydroxylation is 1. The minimum atomic E-state index is -3.68. The molecule has 0 atom stereocenters. The Bertz CT molecular complexity index is 629. The maximum Gasteiger partial charge on any atom is 0.271 e. The molecule has 2 rings (SSSR count). The molecular formula is C9H6Cl2O2S2. The summed E-state index contributed by atoms with van der Waals surface area (Å²) in [6.07, 6.45) is 0. The highest BCUT2D eigenvalue weighted by Gasteiger charge is 2.20. The molecule has 0 bridgehead atoms. The molecule has 80 valence electrons. The normalized spacial score (nSPS) is 12.2. The van der Waals surface area contributed by atoms with Crippen molar-refractivity contribution in [2.45, 2.75) is 11.1 Å². The lowest BCUT2D eigenvalue weighted by molar-refractivity contribution is 0.611. The van der Waals surface area contributed by atoms with Crippen molar-refractivity contribution in [2.75, 3.05) is 0 Å². The van der Waals surface area contributed by atoms with Crippen LogP contribution in [0.25, 0.3) is 10.1 Å². The maximum absolute atomic E-state index is 11.3. The van der Waals surface area contributed by atoms with Gasteiger partial charge in [0.1, 0.15) is 4.21 Å². The Hall–Kier alpha value is -0.290. The van der Waals surface area contributed by atoms with Gasteiger partial charge in [-0.15, -0.1) is 11.3 Å². The summed E-state index contributed by atoms with van der Waals surface area (Å²) in [7, 11) is 1.65. The van der Waals surface area contributed by atoms with Gasteiger partial charge in [-0.2, -0.15) is 0 Å². The molecule has 0 aliphatic rings. The van der Waals surface area contributed by atoms with Gasteiger partial charge in [0.2, 0.25) is 0 Å². The topological polar surface area (TPSA) is 34.1 Å². The summed E-state index contributed by atoms with van der Waals surface area (Å²) in [6, 6.07) is 5.34. The van der Waals surface area contributed by atoms with E-state index in [0.717, 1.165) is 21.4 Å². The van der Waals surface area contributed by atoms with Crippen molar-refractivity contribution in [3.63, 3.8) is 0 Å². The van der Waals surface area contributed by atoms with Crippen LogP contribution in [0.5, 0.6) is 0 Å². The molecule has 6 heteroatoms. The number of fused-ring (bicyclic) bond motifs is 1. The zero-order chi connectivity index (χ0) is 11.2. The van der Waals surface area contributed by atoms with Crippen molar-refractivity contribution in [1.29, 1.82) is 0 Å². The summed E-state index contributed by atoms with van der Waals surface area (Å²) in [4.78, 5) is 0. The van der Waals surface area contributed by atoms with Crippen molar-refractivity contribution in [2.24, 2.45) is 0 Å². The van der Waals surface area contributed by atoms with Crippen LogP contribution in [-0.4, -0.2) is 8.42 Å². The van der Waals surface area contributed by atoms with Crippen LogP contribution < -0.4 is 0 Å². The molecule has 0 radical (unpaired) electrons. The average molecular weight is 281 g/mol. The number of halogens is 2. The molecule has 0 aliphatic carbocycles. The first-order valence-electron chi connectivity index (χ1n) is 4.03. The third kappa shape index (κ3) is 1.87. The maximum atomic E-state index is 11.3.